The summed E-state index contributed by atoms with van der Waals surface area (Å²) in [5.74, 6) is -0.628. The van der Waals surface area contributed by atoms with Crippen molar-refractivity contribution in [3.05, 3.63) is 46.6 Å². The van der Waals surface area contributed by atoms with Crippen molar-refractivity contribution in [2.24, 2.45) is 0 Å². The maximum absolute atomic E-state index is 13.4. The first-order valence-corrected chi connectivity index (χ1v) is 12.4. The first kappa shape index (κ1) is 25.9. The highest BCUT2D eigenvalue weighted by Gasteiger charge is 2.52. The van der Waals surface area contributed by atoms with E-state index in [-0.39, 0.29) is 25.1 Å². The van der Waals surface area contributed by atoms with Gasteiger partial charge in [0.15, 0.2) is 11.5 Å². The Morgan fingerprint density at radius 2 is 1.97 bits per heavy atom. The fraction of sp³-hybridized carbons (Fsp3) is 0.519. The molecule has 9 nitrogen and oxygen atoms in total. The molecule has 1 saturated carbocycles. The summed E-state index contributed by atoms with van der Waals surface area (Å²) in [7, 11) is 1.46. The molecular weight excluding hydrogens is 464 g/mol. The fourth-order valence-corrected chi connectivity index (χ4v) is 5.60. The Balaban J connectivity index is 1.84. The van der Waals surface area contributed by atoms with Crippen molar-refractivity contribution in [2.75, 3.05) is 20.3 Å². The van der Waals surface area contributed by atoms with E-state index in [9.17, 15) is 24.6 Å². The third-order valence-corrected chi connectivity index (χ3v) is 7.12. The summed E-state index contributed by atoms with van der Waals surface area (Å²) >= 11 is 0. The highest BCUT2D eigenvalue weighted by molar-refractivity contribution is 5.97. The van der Waals surface area contributed by atoms with Crippen molar-refractivity contribution in [3.8, 4) is 11.5 Å². The molecule has 0 bridgehead atoms. The number of rotatable bonds is 8. The molecule has 0 saturated heterocycles. The zero-order chi connectivity index (χ0) is 26.0. The van der Waals surface area contributed by atoms with E-state index < -0.39 is 30.1 Å². The average molecular weight is 499 g/mol. The Hall–Kier alpha value is -3.17. The van der Waals surface area contributed by atoms with Crippen molar-refractivity contribution in [2.45, 2.75) is 69.7 Å². The van der Waals surface area contributed by atoms with E-state index in [4.69, 9.17) is 9.47 Å². The van der Waals surface area contributed by atoms with Gasteiger partial charge in [0.2, 0.25) is 11.8 Å². The standard InChI is InChI=1S/C27H34N2O7/c1-15(2)10-22(32)29(17-6-4-5-7-17)20-13-19(27(34)28-8-9-30)23-18-11-16(14-31)12-21(35-3)25(18)36-26(23)24(20)33/h10-14,17,20,23-24,26,30,33H,4-9H2,1-3H3,(H,28,34)/t20-,23+,24+,26+/m1/s1. The van der Waals surface area contributed by atoms with E-state index >= 15 is 0 Å². The van der Waals surface area contributed by atoms with Crippen LogP contribution >= 0.6 is 0 Å². The number of ether oxygens (including phenoxy) is 2. The molecule has 194 valence electrons. The molecular formula is C27H34N2O7. The Morgan fingerprint density at radius 3 is 2.58 bits per heavy atom. The molecule has 4 rings (SSSR count). The number of nitrogens with one attached hydrogen (secondary N) is 1. The minimum Gasteiger partial charge on any atom is -0.493 e. The highest BCUT2D eigenvalue weighted by Crippen LogP contribution is 2.51. The van der Waals surface area contributed by atoms with Crippen LogP contribution in [0.2, 0.25) is 0 Å². The van der Waals surface area contributed by atoms with Gasteiger partial charge in [-0.3, -0.25) is 14.4 Å². The highest BCUT2D eigenvalue weighted by atomic mass is 16.5. The number of methoxy groups -OCH3 is 1. The number of hydrogen-bond acceptors (Lipinski definition) is 7. The predicted octanol–water partition coefficient (Wildman–Crippen LogP) is 1.87. The van der Waals surface area contributed by atoms with Crippen LogP contribution in [0.3, 0.4) is 0 Å². The van der Waals surface area contributed by atoms with Gasteiger partial charge in [0.05, 0.1) is 25.7 Å². The molecule has 4 atom stereocenters. The van der Waals surface area contributed by atoms with E-state index in [0.717, 1.165) is 31.3 Å². The molecule has 2 aliphatic carbocycles. The van der Waals surface area contributed by atoms with Gasteiger partial charge in [-0.1, -0.05) is 18.4 Å². The molecule has 1 aromatic carbocycles. The summed E-state index contributed by atoms with van der Waals surface area (Å²) < 4.78 is 11.7. The largest absolute Gasteiger partial charge is 0.493 e. The molecule has 1 fully saturated rings. The van der Waals surface area contributed by atoms with E-state index in [1.54, 1.807) is 29.2 Å². The van der Waals surface area contributed by atoms with E-state index in [1.807, 2.05) is 13.8 Å². The summed E-state index contributed by atoms with van der Waals surface area (Å²) in [6, 6.07) is 2.32. The van der Waals surface area contributed by atoms with Gasteiger partial charge in [-0.15, -0.1) is 0 Å². The van der Waals surface area contributed by atoms with Crippen LogP contribution in [-0.4, -0.2) is 77.8 Å². The van der Waals surface area contributed by atoms with Crippen molar-refractivity contribution in [1.29, 1.82) is 0 Å². The third kappa shape index (κ3) is 4.77. The number of carbonyl (C=O) groups is 3. The molecule has 9 heteroatoms. The molecule has 1 heterocycles. The topological polar surface area (TPSA) is 125 Å². The number of aliphatic hydroxyl groups is 2. The lowest BCUT2D eigenvalue weighted by Crippen LogP contribution is -2.57. The van der Waals surface area contributed by atoms with Gasteiger partial charge in [-0.25, -0.2) is 0 Å². The SMILES string of the molecule is COc1cc(C=O)cc2c1O[C@@H]1[C@@H](O)[C@H](N(C(=O)C=C(C)C)C3CCCC3)C=C(C(=O)NCCO)[C@H]21. The first-order valence-electron chi connectivity index (χ1n) is 12.4. The minimum atomic E-state index is -1.13. The zero-order valence-corrected chi connectivity index (χ0v) is 20.9. The third-order valence-electron chi connectivity index (χ3n) is 7.12. The van der Waals surface area contributed by atoms with Crippen molar-refractivity contribution >= 4 is 18.1 Å². The van der Waals surface area contributed by atoms with Crippen LogP contribution in [0.1, 0.15) is 61.4 Å². The second-order valence-electron chi connectivity index (χ2n) is 9.81. The Labute approximate surface area is 210 Å². The maximum Gasteiger partial charge on any atom is 0.247 e. The molecule has 3 N–H and O–H groups in total. The van der Waals surface area contributed by atoms with Crippen molar-refractivity contribution < 1.29 is 34.1 Å². The second kappa shape index (κ2) is 10.8. The second-order valence-corrected chi connectivity index (χ2v) is 9.81. The Morgan fingerprint density at radius 1 is 1.25 bits per heavy atom. The molecule has 0 radical (unpaired) electrons. The number of carbonyl (C=O) groups excluding carboxylic acids is 3. The van der Waals surface area contributed by atoms with E-state index in [2.05, 4.69) is 5.32 Å². The van der Waals surface area contributed by atoms with E-state index in [1.165, 1.54) is 7.11 Å². The molecule has 3 aliphatic rings. The van der Waals surface area contributed by atoms with Gasteiger partial charge in [0, 0.05) is 35.4 Å². The van der Waals surface area contributed by atoms with Gasteiger partial charge in [0.1, 0.15) is 18.5 Å². The van der Waals surface area contributed by atoms with Crippen LogP contribution in [0.5, 0.6) is 11.5 Å². The Kier molecular flexibility index (Phi) is 7.80. The lowest BCUT2D eigenvalue weighted by atomic mass is 9.77. The molecule has 0 unspecified atom stereocenters. The molecule has 2 amide bonds. The summed E-state index contributed by atoms with van der Waals surface area (Å²) in [6.45, 7) is 3.50. The van der Waals surface area contributed by atoms with Gasteiger partial charge in [-0.2, -0.15) is 0 Å². The number of benzene rings is 1. The van der Waals surface area contributed by atoms with Gasteiger partial charge >= 0.3 is 0 Å². The number of nitrogens with zero attached hydrogens (tertiary/aromatic N) is 1. The summed E-state index contributed by atoms with van der Waals surface area (Å²) in [4.78, 5) is 40.0. The van der Waals surface area contributed by atoms with Crippen LogP contribution in [0, 0.1) is 0 Å². The normalized spacial score (nSPS) is 24.6. The van der Waals surface area contributed by atoms with Gasteiger partial charge in [-0.05, 0) is 44.9 Å². The monoisotopic (exact) mass is 498 g/mol. The molecule has 36 heavy (non-hydrogen) atoms. The van der Waals surface area contributed by atoms with Crippen molar-refractivity contribution in [1.82, 2.24) is 10.2 Å². The minimum absolute atomic E-state index is 0.0508. The van der Waals surface area contributed by atoms with Crippen molar-refractivity contribution in [3.63, 3.8) is 0 Å². The van der Waals surface area contributed by atoms with Crippen LogP contribution in [0.4, 0.5) is 0 Å². The predicted molar refractivity (Wildman–Crippen MR) is 132 cm³/mol. The molecule has 0 aromatic heterocycles. The number of hydrogen-bond donors (Lipinski definition) is 3. The smallest absolute Gasteiger partial charge is 0.247 e. The van der Waals surface area contributed by atoms with E-state index in [0.29, 0.717) is 34.5 Å². The molecule has 1 aromatic rings. The zero-order valence-electron chi connectivity index (χ0n) is 20.9. The molecule has 1 aliphatic heterocycles. The lowest BCUT2D eigenvalue weighted by Gasteiger charge is -2.43. The Bertz CT molecular complexity index is 1090. The number of aldehydes is 1. The lowest BCUT2D eigenvalue weighted by molar-refractivity contribution is -0.135. The first-order chi connectivity index (χ1) is 17.3. The van der Waals surface area contributed by atoms with Crippen LogP contribution in [0.15, 0.2) is 35.4 Å². The van der Waals surface area contributed by atoms with Crippen LogP contribution < -0.4 is 14.8 Å². The number of fused-ring (bicyclic) bond motifs is 3. The average Bonchev–Trinajstić information content (AvgIpc) is 3.51. The maximum atomic E-state index is 13.4. The molecule has 0 spiro atoms. The summed E-state index contributed by atoms with van der Waals surface area (Å²) in [6.07, 6.45) is 5.51. The number of aliphatic hydroxyl groups excluding tert-OH is 2. The number of allylic oxidation sites excluding steroid dienone is 1. The van der Waals surface area contributed by atoms with Crippen LogP contribution in [-0.2, 0) is 9.59 Å². The summed E-state index contributed by atoms with van der Waals surface area (Å²) in [5.41, 5.74) is 2.08. The fourth-order valence-electron chi connectivity index (χ4n) is 5.60. The van der Waals surface area contributed by atoms with Crippen LogP contribution in [0.25, 0.3) is 0 Å². The summed E-state index contributed by atoms with van der Waals surface area (Å²) in [5, 5.41) is 23.6. The van der Waals surface area contributed by atoms with Gasteiger partial charge < -0.3 is 29.9 Å². The quantitative estimate of drug-likeness (QED) is 0.369. The number of amides is 2. The van der Waals surface area contributed by atoms with Gasteiger partial charge in [0.25, 0.3) is 0 Å².